The molecule has 0 fully saturated rings. The predicted octanol–water partition coefficient (Wildman–Crippen LogP) is 2.83. The Kier molecular flexibility index (Phi) is 7.98. The van der Waals surface area contributed by atoms with Crippen LogP contribution in [0.4, 0.5) is 0 Å². The van der Waals surface area contributed by atoms with E-state index in [0.717, 1.165) is 10.0 Å². The van der Waals surface area contributed by atoms with Crippen molar-refractivity contribution >= 4 is 34.3 Å². The van der Waals surface area contributed by atoms with Gasteiger partial charge in [0.25, 0.3) is 0 Å². The van der Waals surface area contributed by atoms with E-state index in [0.29, 0.717) is 12.4 Å². The summed E-state index contributed by atoms with van der Waals surface area (Å²) in [5.74, 6) is 0.362. The van der Waals surface area contributed by atoms with Crippen LogP contribution in [0.3, 0.4) is 0 Å². The Hall–Kier alpha value is -0.780. The van der Waals surface area contributed by atoms with Gasteiger partial charge in [0.05, 0.1) is 20.1 Å². The number of benzene rings is 1. The van der Waals surface area contributed by atoms with E-state index in [1.165, 1.54) is 0 Å². The highest BCUT2D eigenvalue weighted by Gasteiger charge is 2.16. The number of ether oxygens (including phenoxy) is 2. The van der Waals surface area contributed by atoms with Crippen molar-refractivity contribution < 1.29 is 14.3 Å². The number of hydrogen-bond acceptors (Lipinski definition) is 4. The lowest BCUT2D eigenvalue weighted by Gasteiger charge is -2.15. The highest BCUT2D eigenvalue weighted by Crippen LogP contribution is 2.29. The van der Waals surface area contributed by atoms with Crippen molar-refractivity contribution in [3.63, 3.8) is 0 Å². The summed E-state index contributed by atoms with van der Waals surface area (Å²) in [6, 6.07) is 5.10. The molecule has 0 aliphatic carbocycles. The van der Waals surface area contributed by atoms with Crippen molar-refractivity contribution in [2.75, 3.05) is 13.7 Å². The summed E-state index contributed by atoms with van der Waals surface area (Å²) in [5, 5.41) is 0. The second-order valence-corrected chi connectivity index (χ2v) is 4.42. The zero-order valence-corrected chi connectivity index (χ0v) is 12.7. The van der Waals surface area contributed by atoms with E-state index in [4.69, 9.17) is 15.2 Å². The van der Waals surface area contributed by atoms with E-state index < -0.39 is 6.04 Å². The molecule has 0 heterocycles. The maximum atomic E-state index is 11.3. The van der Waals surface area contributed by atoms with Crippen LogP contribution in [0.1, 0.15) is 24.9 Å². The third-order valence-corrected chi connectivity index (χ3v) is 2.78. The molecule has 0 aliphatic heterocycles. The first-order chi connectivity index (χ1) is 8.08. The first-order valence-corrected chi connectivity index (χ1v) is 6.12. The number of halogens is 2. The molecule has 1 atom stereocenters. The van der Waals surface area contributed by atoms with Crippen LogP contribution in [0.15, 0.2) is 22.7 Å². The summed E-state index contributed by atoms with van der Waals surface area (Å²) in [5.41, 5.74) is 6.75. The van der Waals surface area contributed by atoms with Crippen molar-refractivity contribution in [2.45, 2.75) is 19.4 Å². The highest BCUT2D eigenvalue weighted by molar-refractivity contribution is 9.10. The van der Waals surface area contributed by atoms with Gasteiger partial charge < -0.3 is 15.2 Å². The number of hydrogen-bond donors (Lipinski definition) is 1. The fourth-order valence-electron chi connectivity index (χ4n) is 1.50. The van der Waals surface area contributed by atoms with Gasteiger partial charge in [-0.2, -0.15) is 0 Å². The Labute approximate surface area is 121 Å². The number of esters is 1. The highest BCUT2D eigenvalue weighted by atomic mass is 79.9. The van der Waals surface area contributed by atoms with Crippen molar-refractivity contribution in [3.05, 3.63) is 28.2 Å². The van der Waals surface area contributed by atoms with Crippen LogP contribution < -0.4 is 10.5 Å². The van der Waals surface area contributed by atoms with Gasteiger partial charge in [0.1, 0.15) is 5.75 Å². The van der Waals surface area contributed by atoms with Gasteiger partial charge >= 0.3 is 5.97 Å². The van der Waals surface area contributed by atoms with E-state index in [2.05, 4.69) is 15.9 Å². The number of nitrogens with two attached hydrogens (primary N) is 1. The van der Waals surface area contributed by atoms with Crippen molar-refractivity contribution in [2.24, 2.45) is 5.73 Å². The molecule has 0 unspecified atom stereocenters. The Morgan fingerprint density at radius 1 is 1.50 bits per heavy atom. The quantitative estimate of drug-likeness (QED) is 0.839. The van der Waals surface area contributed by atoms with Gasteiger partial charge in [-0.25, -0.2) is 0 Å². The smallest absolute Gasteiger partial charge is 0.307 e. The molecule has 18 heavy (non-hydrogen) atoms. The average molecular weight is 339 g/mol. The minimum Gasteiger partial charge on any atom is -0.496 e. The van der Waals surface area contributed by atoms with E-state index in [9.17, 15) is 4.79 Å². The van der Waals surface area contributed by atoms with E-state index in [1.807, 2.05) is 18.2 Å². The lowest BCUT2D eigenvalue weighted by atomic mass is 10.0. The zero-order chi connectivity index (χ0) is 12.8. The average Bonchev–Trinajstić information content (AvgIpc) is 2.28. The molecule has 6 heteroatoms. The Bertz CT molecular complexity index is 401. The lowest BCUT2D eigenvalue weighted by Crippen LogP contribution is -2.17. The molecule has 0 aromatic heterocycles. The molecule has 0 radical (unpaired) electrons. The van der Waals surface area contributed by atoms with Crippen molar-refractivity contribution in [3.8, 4) is 5.75 Å². The Morgan fingerprint density at radius 2 is 2.17 bits per heavy atom. The first kappa shape index (κ1) is 17.2. The summed E-state index contributed by atoms with van der Waals surface area (Å²) in [6.07, 6.45) is 0.145. The maximum absolute atomic E-state index is 11.3. The molecule has 0 amide bonds. The molecular formula is C12H17BrClNO3. The minimum atomic E-state index is -0.419. The minimum absolute atomic E-state index is 0. The van der Waals surface area contributed by atoms with Crippen molar-refractivity contribution in [1.82, 2.24) is 0 Å². The molecule has 0 aliphatic rings. The normalized spacial score (nSPS) is 11.3. The summed E-state index contributed by atoms with van der Waals surface area (Å²) < 4.78 is 11.0. The van der Waals surface area contributed by atoms with Gasteiger partial charge in [-0.05, 0) is 19.1 Å². The van der Waals surface area contributed by atoms with E-state index in [-0.39, 0.29) is 24.8 Å². The second-order valence-electron chi connectivity index (χ2n) is 3.50. The van der Waals surface area contributed by atoms with Crippen LogP contribution in [0.2, 0.25) is 0 Å². The van der Waals surface area contributed by atoms with Crippen LogP contribution in [0.25, 0.3) is 0 Å². The monoisotopic (exact) mass is 337 g/mol. The Morgan fingerprint density at radius 3 is 2.72 bits per heavy atom. The molecule has 4 nitrogen and oxygen atoms in total. The largest absolute Gasteiger partial charge is 0.496 e. The van der Waals surface area contributed by atoms with Crippen LogP contribution in [0.5, 0.6) is 5.75 Å². The van der Waals surface area contributed by atoms with Gasteiger partial charge in [0.2, 0.25) is 0 Å². The van der Waals surface area contributed by atoms with Gasteiger partial charge in [0.15, 0.2) is 0 Å². The summed E-state index contributed by atoms with van der Waals surface area (Å²) in [7, 11) is 1.57. The van der Waals surface area contributed by atoms with Crippen molar-refractivity contribution in [1.29, 1.82) is 0 Å². The molecule has 2 N–H and O–H groups in total. The number of carbonyl (C=O) groups excluding carboxylic acids is 1. The Balaban J connectivity index is 0.00000289. The van der Waals surface area contributed by atoms with E-state index in [1.54, 1.807) is 14.0 Å². The van der Waals surface area contributed by atoms with Gasteiger partial charge in [0, 0.05) is 16.1 Å². The van der Waals surface area contributed by atoms with Crippen LogP contribution in [-0.2, 0) is 9.53 Å². The summed E-state index contributed by atoms with van der Waals surface area (Å²) in [4.78, 5) is 11.3. The van der Waals surface area contributed by atoms with Crippen LogP contribution in [-0.4, -0.2) is 19.7 Å². The molecule has 0 spiro atoms. The standard InChI is InChI=1S/C12H16BrNO3.ClH/c1-3-17-12(15)7-10(14)9-5-4-8(13)6-11(9)16-2;/h4-6,10H,3,7,14H2,1-2H3;1H/t10-;/m0./s1. The molecule has 1 aromatic carbocycles. The molecule has 0 saturated carbocycles. The first-order valence-electron chi connectivity index (χ1n) is 5.33. The molecule has 0 bridgehead atoms. The molecular weight excluding hydrogens is 321 g/mol. The topological polar surface area (TPSA) is 61.5 Å². The second kappa shape index (κ2) is 8.34. The van der Waals surface area contributed by atoms with Gasteiger partial charge in [-0.3, -0.25) is 4.79 Å². The van der Waals surface area contributed by atoms with Crippen LogP contribution in [0, 0.1) is 0 Å². The number of rotatable bonds is 5. The predicted molar refractivity (Wildman–Crippen MR) is 76.1 cm³/mol. The van der Waals surface area contributed by atoms with Gasteiger partial charge in [-0.15, -0.1) is 12.4 Å². The third kappa shape index (κ3) is 4.84. The van der Waals surface area contributed by atoms with Gasteiger partial charge in [-0.1, -0.05) is 22.0 Å². The fraction of sp³-hybridized carbons (Fsp3) is 0.417. The van der Waals surface area contributed by atoms with Crippen LogP contribution >= 0.6 is 28.3 Å². The SMILES string of the molecule is CCOC(=O)C[C@H](N)c1ccc(Br)cc1OC.Cl. The van der Waals surface area contributed by atoms with E-state index >= 15 is 0 Å². The molecule has 0 saturated heterocycles. The third-order valence-electron chi connectivity index (χ3n) is 2.29. The lowest BCUT2D eigenvalue weighted by molar-refractivity contribution is -0.143. The fourth-order valence-corrected chi connectivity index (χ4v) is 1.84. The molecule has 102 valence electrons. The maximum Gasteiger partial charge on any atom is 0.307 e. The summed E-state index contributed by atoms with van der Waals surface area (Å²) in [6.45, 7) is 2.13. The number of methoxy groups -OCH3 is 1. The summed E-state index contributed by atoms with van der Waals surface area (Å²) >= 11 is 3.35. The zero-order valence-electron chi connectivity index (χ0n) is 10.3. The molecule has 1 rings (SSSR count). The molecule has 1 aromatic rings. The number of carbonyl (C=O) groups is 1.